The number of anilines is 1. The molecule has 2 heterocycles. The SMILES string of the molecule is CC(Nc1ccc(C(=O)O)nc1)c1ccncc1. The van der Waals surface area contributed by atoms with Crippen molar-refractivity contribution in [2.24, 2.45) is 0 Å². The lowest BCUT2D eigenvalue weighted by molar-refractivity contribution is 0.0690. The van der Waals surface area contributed by atoms with Crippen LogP contribution in [0.15, 0.2) is 42.9 Å². The van der Waals surface area contributed by atoms with Crippen molar-refractivity contribution in [1.29, 1.82) is 0 Å². The Kier molecular flexibility index (Phi) is 3.52. The largest absolute Gasteiger partial charge is 0.477 e. The van der Waals surface area contributed by atoms with E-state index >= 15 is 0 Å². The van der Waals surface area contributed by atoms with E-state index in [0.29, 0.717) is 0 Å². The molecule has 2 aromatic heterocycles. The second-order valence-corrected chi connectivity index (χ2v) is 3.88. The molecule has 2 N–H and O–H groups in total. The number of nitrogens with one attached hydrogen (secondary N) is 1. The number of rotatable bonds is 4. The third-order valence-electron chi connectivity index (χ3n) is 2.57. The molecule has 0 aromatic carbocycles. The van der Waals surface area contributed by atoms with Gasteiger partial charge in [-0.3, -0.25) is 4.98 Å². The van der Waals surface area contributed by atoms with Gasteiger partial charge in [-0.05, 0) is 36.8 Å². The number of pyridine rings is 2. The first kappa shape index (κ1) is 12.0. The molecule has 18 heavy (non-hydrogen) atoms. The summed E-state index contributed by atoms with van der Waals surface area (Å²) in [7, 11) is 0. The summed E-state index contributed by atoms with van der Waals surface area (Å²) in [6.07, 6.45) is 4.99. The van der Waals surface area contributed by atoms with E-state index in [2.05, 4.69) is 15.3 Å². The third kappa shape index (κ3) is 2.82. The molecule has 5 heteroatoms. The fourth-order valence-corrected chi connectivity index (χ4v) is 1.59. The van der Waals surface area contributed by atoms with E-state index in [-0.39, 0.29) is 11.7 Å². The van der Waals surface area contributed by atoms with Gasteiger partial charge in [0.05, 0.1) is 11.9 Å². The molecule has 0 spiro atoms. The highest BCUT2D eigenvalue weighted by Crippen LogP contribution is 2.17. The van der Waals surface area contributed by atoms with E-state index in [1.807, 2.05) is 19.1 Å². The van der Waals surface area contributed by atoms with Gasteiger partial charge in [0.25, 0.3) is 0 Å². The second kappa shape index (κ2) is 5.27. The normalized spacial score (nSPS) is 11.8. The van der Waals surface area contributed by atoms with Crippen molar-refractivity contribution < 1.29 is 9.90 Å². The molecule has 2 rings (SSSR count). The Morgan fingerprint density at radius 1 is 1.28 bits per heavy atom. The summed E-state index contributed by atoms with van der Waals surface area (Å²) < 4.78 is 0. The van der Waals surface area contributed by atoms with Gasteiger partial charge in [0, 0.05) is 18.4 Å². The molecular formula is C13H13N3O2. The lowest BCUT2D eigenvalue weighted by Crippen LogP contribution is -2.07. The minimum Gasteiger partial charge on any atom is -0.477 e. The average Bonchev–Trinajstić information content (AvgIpc) is 2.40. The summed E-state index contributed by atoms with van der Waals surface area (Å²) in [6, 6.07) is 7.14. The summed E-state index contributed by atoms with van der Waals surface area (Å²) in [5, 5.41) is 12.0. The quantitative estimate of drug-likeness (QED) is 0.862. The Morgan fingerprint density at radius 2 is 2.00 bits per heavy atom. The molecule has 1 unspecified atom stereocenters. The van der Waals surface area contributed by atoms with Crippen LogP contribution in [-0.4, -0.2) is 21.0 Å². The molecule has 92 valence electrons. The Bertz CT molecular complexity index is 526. The maximum atomic E-state index is 10.7. The van der Waals surface area contributed by atoms with E-state index < -0.39 is 5.97 Å². The van der Waals surface area contributed by atoms with Gasteiger partial charge in [-0.25, -0.2) is 9.78 Å². The number of hydrogen-bond acceptors (Lipinski definition) is 4. The highest BCUT2D eigenvalue weighted by molar-refractivity contribution is 5.85. The van der Waals surface area contributed by atoms with Crippen LogP contribution in [0.2, 0.25) is 0 Å². The van der Waals surface area contributed by atoms with Crippen molar-refractivity contribution in [3.05, 3.63) is 54.1 Å². The zero-order valence-electron chi connectivity index (χ0n) is 9.87. The molecule has 0 amide bonds. The first-order chi connectivity index (χ1) is 8.66. The van der Waals surface area contributed by atoms with Crippen LogP contribution < -0.4 is 5.32 Å². The smallest absolute Gasteiger partial charge is 0.354 e. The van der Waals surface area contributed by atoms with Gasteiger partial charge in [0.15, 0.2) is 0 Å². The lowest BCUT2D eigenvalue weighted by Gasteiger charge is -2.15. The molecule has 0 fully saturated rings. The zero-order chi connectivity index (χ0) is 13.0. The van der Waals surface area contributed by atoms with E-state index in [9.17, 15) is 4.79 Å². The molecule has 0 saturated carbocycles. The summed E-state index contributed by atoms with van der Waals surface area (Å²) in [5.41, 5.74) is 1.92. The summed E-state index contributed by atoms with van der Waals surface area (Å²) in [6.45, 7) is 2.01. The van der Waals surface area contributed by atoms with Crippen LogP contribution >= 0.6 is 0 Å². The molecular weight excluding hydrogens is 230 g/mol. The number of carbonyl (C=O) groups is 1. The van der Waals surface area contributed by atoms with E-state index in [4.69, 9.17) is 5.11 Å². The first-order valence-corrected chi connectivity index (χ1v) is 5.52. The van der Waals surface area contributed by atoms with Gasteiger partial charge in [-0.15, -0.1) is 0 Å². The van der Waals surface area contributed by atoms with Gasteiger partial charge in [-0.2, -0.15) is 0 Å². The van der Waals surface area contributed by atoms with Crippen LogP contribution in [0.4, 0.5) is 5.69 Å². The van der Waals surface area contributed by atoms with Gasteiger partial charge in [0.1, 0.15) is 5.69 Å². The summed E-state index contributed by atoms with van der Waals surface area (Å²) >= 11 is 0. The molecule has 1 atom stereocenters. The first-order valence-electron chi connectivity index (χ1n) is 5.52. The molecule has 0 saturated heterocycles. The second-order valence-electron chi connectivity index (χ2n) is 3.88. The van der Waals surface area contributed by atoms with Gasteiger partial charge < -0.3 is 10.4 Å². The average molecular weight is 243 g/mol. The molecule has 0 aliphatic carbocycles. The minimum atomic E-state index is -1.02. The highest BCUT2D eigenvalue weighted by atomic mass is 16.4. The van der Waals surface area contributed by atoms with Crippen LogP contribution in [-0.2, 0) is 0 Å². The van der Waals surface area contributed by atoms with Crippen LogP contribution in [0, 0.1) is 0 Å². The van der Waals surface area contributed by atoms with Crippen LogP contribution in [0.3, 0.4) is 0 Å². The number of aromatic carboxylic acids is 1. The fourth-order valence-electron chi connectivity index (χ4n) is 1.59. The maximum absolute atomic E-state index is 10.7. The molecule has 0 aliphatic heterocycles. The maximum Gasteiger partial charge on any atom is 0.354 e. The van der Waals surface area contributed by atoms with E-state index in [0.717, 1.165) is 11.3 Å². The predicted molar refractivity (Wildman–Crippen MR) is 67.5 cm³/mol. The molecule has 2 aromatic rings. The number of aromatic nitrogens is 2. The van der Waals surface area contributed by atoms with E-state index in [1.165, 1.54) is 12.3 Å². The number of carboxylic acids is 1. The van der Waals surface area contributed by atoms with Crippen LogP contribution in [0.5, 0.6) is 0 Å². The van der Waals surface area contributed by atoms with Crippen LogP contribution in [0.25, 0.3) is 0 Å². The monoisotopic (exact) mass is 243 g/mol. The minimum absolute atomic E-state index is 0.0390. The van der Waals surface area contributed by atoms with Crippen molar-refractivity contribution in [2.45, 2.75) is 13.0 Å². The number of carboxylic acid groups (broad SMARTS) is 1. The zero-order valence-corrected chi connectivity index (χ0v) is 9.87. The van der Waals surface area contributed by atoms with Gasteiger partial charge in [-0.1, -0.05) is 0 Å². The van der Waals surface area contributed by atoms with Crippen molar-refractivity contribution in [3.8, 4) is 0 Å². The Hall–Kier alpha value is -2.43. The van der Waals surface area contributed by atoms with Crippen molar-refractivity contribution in [3.63, 3.8) is 0 Å². The number of hydrogen-bond donors (Lipinski definition) is 2. The van der Waals surface area contributed by atoms with Crippen molar-refractivity contribution >= 4 is 11.7 Å². The Balaban J connectivity index is 2.08. The Labute approximate surface area is 105 Å². The summed E-state index contributed by atoms with van der Waals surface area (Å²) in [4.78, 5) is 18.5. The van der Waals surface area contributed by atoms with Crippen molar-refractivity contribution in [1.82, 2.24) is 9.97 Å². The third-order valence-corrected chi connectivity index (χ3v) is 2.57. The fraction of sp³-hybridized carbons (Fsp3) is 0.154. The lowest BCUT2D eigenvalue weighted by atomic mass is 10.1. The standard InChI is InChI=1S/C13H13N3O2/c1-9(10-4-6-14-7-5-10)16-11-2-3-12(13(17)18)15-8-11/h2-9,16H,1H3,(H,17,18). The predicted octanol–water partition coefficient (Wildman–Crippen LogP) is 2.35. The molecule has 0 radical (unpaired) electrons. The van der Waals surface area contributed by atoms with Crippen molar-refractivity contribution in [2.75, 3.05) is 5.32 Å². The highest BCUT2D eigenvalue weighted by Gasteiger charge is 2.07. The van der Waals surface area contributed by atoms with Gasteiger partial charge in [0.2, 0.25) is 0 Å². The summed E-state index contributed by atoms with van der Waals surface area (Å²) in [5.74, 6) is -1.02. The molecule has 0 bridgehead atoms. The van der Waals surface area contributed by atoms with Crippen LogP contribution in [0.1, 0.15) is 29.0 Å². The Morgan fingerprint density at radius 3 is 2.56 bits per heavy atom. The molecule has 5 nitrogen and oxygen atoms in total. The van der Waals surface area contributed by atoms with E-state index in [1.54, 1.807) is 18.5 Å². The number of nitrogens with zero attached hydrogens (tertiary/aromatic N) is 2. The topological polar surface area (TPSA) is 75.1 Å². The molecule has 0 aliphatic rings. The van der Waals surface area contributed by atoms with Gasteiger partial charge >= 0.3 is 5.97 Å².